The Labute approximate surface area is 368 Å². The molecule has 10 aromatic carbocycles. The Morgan fingerprint density at radius 3 is 1.43 bits per heavy atom. The molecule has 296 valence electrons. The minimum absolute atomic E-state index is 1.13. The number of fused-ring (bicyclic) bond motifs is 6. The second-order valence-corrected chi connectivity index (χ2v) is 20.2. The van der Waals surface area contributed by atoms with Crippen LogP contribution in [0, 0.1) is 0 Å². The molecule has 0 atom stereocenters. The highest BCUT2D eigenvalue weighted by atomic mass is 28.3. The molecule has 0 N–H and O–H groups in total. The van der Waals surface area contributed by atoms with Gasteiger partial charge in [0.2, 0.25) is 0 Å². The summed E-state index contributed by atoms with van der Waals surface area (Å²) in [4.78, 5) is 0. The molecule has 2 nitrogen and oxygen atoms in total. The number of aromatic nitrogens is 2. The maximum atomic E-state index is 2.56. The molecular weight excluding hydrogens is 777 g/mol. The van der Waals surface area contributed by atoms with Crippen molar-refractivity contribution in [3.8, 4) is 33.6 Å². The molecule has 0 amide bonds. The third-order valence-corrected chi connectivity index (χ3v) is 17.9. The summed E-state index contributed by atoms with van der Waals surface area (Å²) in [6.07, 6.45) is 0. The van der Waals surface area contributed by atoms with Crippen molar-refractivity contribution in [1.29, 1.82) is 0 Å². The molecule has 0 radical (unpaired) electrons. The van der Waals surface area contributed by atoms with Crippen LogP contribution in [0.15, 0.2) is 255 Å². The lowest BCUT2D eigenvalue weighted by Crippen LogP contribution is -2.75. The van der Waals surface area contributed by atoms with E-state index >= 15 is 0 Å². The van der Waals surface area contributed by atoms with Gasteiger partial charge >= 0.3 is 0 Å². The molecule has 0 saturated carbocycles. The molecule has 0 spiro atoms. The molecule has 0 aliphatic heterocycles. The molecule has 3 heteroatoms. The van der Waals surface area contributed by atoms with Crippen LogP contribution in [0.5, 0.6) is 0 Å². The number of benzene rings is 10. The first kappa shape index (κ1) is 36.8. The van der Waals surface area contributed by atoms with Crippen LogP contribution in [0.25, 0.3) is 77.2 Å². The van der Waals surface area contributed by atoms with Crippen molar-refractivity contribution in [2.24, 2.45) is 0 Å². The lowest BCUT2D eigenvalue weighted by atomic mass is 9.98. The van der Waals surface area contributed by atoms with E-state index in [0.717, 1.165) is 11.4 Å². The van der Waals surface area contributed by atoms with Crippen molar-refractivity contribution in [2.45, 2.75) is 0 Å². The van der Waals surface area contributed by atoms with Crippen LogP contribution >= 0.6 is 0 Å². The molecule has 12 rings (SSSR count). The van der Waals surface area contributed by atoms with Crippen LogP contribution in [0.2, 0.25) is 0 Å². The second-order valence-electron chi connectivity index (χ2n) is 16.4. The van der Waals surface area contributed by atoms with Gasteiger partial charge in [-0.05, 0) is 73.8 Å². The van der Waals surface area contributed by atoms with E-state index in [0.29, 0.717) is 0 Å². The van der Waals surface area contributed by atoms with E-state index in [1.165, 1.54) is 86.6 Å². The highest BCUT2D eigenvalue weighted by Gasteiger charge is 2.43. The number of hydrogen-bond acceptors (Lipinski definition) is 0. The highest BCUT2D eigenvalue weighted by Crippen LogP contribution is 2.39. The Morgan fingerprint density at radius 2 is 0.762 bits per heavy atom. The van der Waals surface area contributed by atoms with E-state index in [9.17, 15) is 0 Å². The van der Waals surface area contributed by atoms with E-state index in [1.807, 2.05) is 0 Å². The normalized spacial score (nSPS) is 11.8. The Kier molecular flexibility index (Phi) is 8.87. The van der Waals surface area contributed by atoms with Crippen molar-refractivity contribution in [1.82, 2.24) is 9.13 Å². The number of rotatable bonds is 8. The van der Waals surface area contributed by atoms with Gasteiger partial charge in [0.25, 0.3) is 0 Å². The van der Waals surface area contributed by atoms with E-state index in [-0.39, 0.29) is 0 Å². The van der Waals surface area contributed by atoms with Crippen molar-refractivity contribution in [2.75, 3.05) is 0 Å². The first-order valence-corrected chi connectivity index (χ1v) is 23.8. The molecule has 12 aromatic rings. The number of hydrogen-bond donors (Lipinski definition) is 0. The first-order valence-electron chi connectivity index (χ1n) is 21.8. The number of para-hydroxylation sites is 4. The fourth-order valence-corrected chi connectivity index (χ4v) is 15.3. The minimum Gasteiger partial charge on any atom is -0.309 e. The summed E-state index contributed by atoms with van der Waals surface area (Å²) >= 11 is 0. The fraction of sp³-hybridized carbons (Fsp3) is 0. The van der Waals surface area contributed by atoms with Crippen molar-refractivity contribution in [3.63, 3.8) is 0 Å². The summed E-state index contributed by atoms with van der Waals surface area (Å²) < 4.78 is 5.05. The summed E-state index contributed by atoms with van der Waals surface area (Å²) in [5.74, 6) is 0. The maximum absolute atomic E-state index is 2.94. The average Bonchev–Trinajstić information content (AvgIpc) is 3.88. The highest BCUT2D eigenvalue weighted by molar-refractivity contribution is 7.20. The Morgan fingerprint density at radius 1 is 0.286 bits per heavy atom. The van der Waals surface area contributed by atoms with Gasteiger partial charge in [-0.2, -0.15) is 0 Å². The van der Waals surface area contributed by atoms with Crippen LogP contribution in [-0.2, 0) is 0 Å². The Balaban J connectivity index is 1.17. The van der Waals surface area contributed by atoms with Crippen molar-refractivity contribution in [3.05, 3.63) is 255 Å². The quantitative estimate of drug-likeness (QED) is 0.107. The molecule has 0 fully saturated rings. The molecule has 2 heterocycles. The monoisotopic (exact) mass is 818 g/mol. The van der Waals surface area contributed by atoms with Gasteiger partial charge < -0.3 is 9.13 Å². The molecule has 0 bridgehead atoms. The van der Waals surface area contributed by atoms with E-state index < -0.39 is 8.07 Å². The molecule has 0 unspecified atom stereocenters. The Bertz CT molecular complexity index is 3510. The summed E-state index contributed by atoms with van der Waals surface area (Å²) in [6, 6.07) is 94.3. The van der Waals surface area contributed by atoms with Gasteiger partial charge in [-0.25, -0.2) is 0 Å². The predicted octanol–water partition coefficient (Wildman–Crippen LogP) is 12.6. The van der Waals surface area contributed by atoms with Crippen LogP contribution in [-0.4, -0.2) is 17.2 Å². The van der Waals surface area contributed by atoms with Gasteiger partial charge in [0.05, 0.1) is 27.8 Å². The zero-order valence-corrected chi connectivity index (χ0v) is 35.6. The lowest BCUT2D eigenvalue weighted by Gasteiger charge is -2.35. The fourth-order valence-electron chi connectivity index (χ4n) is 10.4. The average molecular weight is 819 g/mol. The van der Waals surface area contributed by atoms with E-state index in [2.05, 4.69) is 264 Å². The van der Waals surface area contributed by atoms with Crippen LogP contribution < -0.4 is 20.7 Å². The van der Waals surface area contributed by atoms with Crippen molar-refractivity contribution >= 4 is 72.4 Å². The van der Waals surface area contributed by atoms with Gasteiger partial charge in [-0.15, -0.1) is 0 Å². The van der Waals surface area contributed by atoms with E-state index in [4.69, 9.17) is 0 Å². The van der Waals surface area contributed by atoms with Crippen molar-refractivity contribution < 1.29 is 0 Å². The molecule has 0 aliphatic carbocycles. The maximum Gasteiger partial charge on any atom is 0.181 e. The lowest BCUT2D eigenvalue weighted by molar-refractivity contribution is 1.16. The molecule has 63 heavy (non-hydrogen) atoms. The summed E-state index contributed by atoms with van der Waals surface area (Å²) in [7, 11) is -2.94. The third-order valence-electron chi connectivity index (χ3n) is 13.1. The van der Waals surface area contributed by atoms with Crippen LogP contribution in [0.1, 0.15) is 0 Å². The summed E-state index contributed by atoms with van der Waals surface area (Å²) in [5, 5.41) is 10.4. The first-order chi connectivity index (χ1) is 31.3. The summed E-state index contributed by atoms with van der Waals surface area (Å²) in [5.41, 5.74) is 11.9. The van der Waals surface area contributed by atoms with Gasteiger partial charge in [0.15, 0.2) is 8.07 Å². The summed E-state index contributed by atoms with van der Waals surface area (Å²) in [6.45, 7) is 0. The Hall–Kier alpha value is -7.98. The molecule has 0 aliphatic rings. The van der Waals surface area contributed by atoms with Gasteiger partial charge in [-0.1, -0.05) is 218 Å². The van der Waals surface area contributed by atoms with E-state index in [1.54, 1.807) is 0 Å². The second kappa shape index (κ2) is 15.2. The molecule has 2 aromatic heterocycles. The molecule has 0 saturated heterocycles. The third kappa shape index (κ3) is 5.85. The molecular formula is C60H42N2Si. The minimum atomic E-state index is -2.94. The van der Waals surface area contributed by atoms with Crippen LogP contribution in [0.3, 0.4) is 0 Å². The topological polar surface area (TPSA) is 9.86 Å². The standard InChI is InChI=1S/C60H42N2Si/c1-5-21-43(22-6-1)44-23-19-24-45(41-44)50-31-13-16-35-55(50)62-57-37-18-14-32-51(57)53-40-39-46(42-58(53)62)61-56-36-17-15-33-52(56)54-34-20-38-59(60(54)61)63(47-25-7-2-8-26-47,48-27-9-3-10-28-48)49-29-11-4-12-30-49/h1-42H. The smallest absolute Gasteiger partial charge is 0.181 e. The van der Waals surface area contributed by atoms with Crippen LogP contribution in [0.4, 0.5) is 0 Å². The predicted molar refractivity (Wildman–Crippen MR) is 270 cm³/mol. The largest absolute Gasteiger partial charge is 0.309 e. The zero-order chi connectivity index (χ0) is 41.7. The zero-order valence-electron chi connectivity index (χ0n) is 34.6. The van der Waals surface area contributed by atoms with Gasteiger partial charge in [-0.3, -0.25) is 0 Å². The SMILES string of the molecule is c1ccc(-c2cccc(-c3ccccc3-n3c4ccccc4c4ccc(-n5c6ccccc6c6cccc([Si](c7ccccc7)(c7ccccc7)c7ccccc7)c65)cc43)c2)cc1. The van der Waals surface area contributed by atoms with Gasteiger partial charge in [0, 0.05) is 32.8 Å². The van der Waals surface area contributed by atoms with Gasteiger partial charge in [0.1, 0.15) is 0 Å². The number of nitrogens with zero attached hydrogens (tertiary/aromatic N) is 2.